The standard InChI is InChI=1S/C20H17N5O2S.C8H10BNO3/c1-11(26)22-15-5-3-4-13(6-15)14-7-17(16-9-21-25-18(16)8-14)24-20(27)19-10-28-12(2)23-19;1-6(11)10-8-4-2-3-7(5-8)9(12)13/h3-10H,1-2H3,(H,21,25)(H,22,26)(H,24,27);2-5,12-13H,1H3,(H,10,11). The van der Waals surface area contributed by atoms with Crippen LogP contribution >= 0.6 is 11.3 Å². The summed E-state index contributed by atoms with van der Waals surface area (Å²) >= 11 is 1.43. The SMILES string of the molecule is CC(=O)Nc1cccc(-c2cc(NC(=O)c3csc(C)n3)c3cn[nH]c3c2)c1.CC(=O)Nc1cccc(B(O)O)c1. The monoisotopic (exact) mass is 570 g/mol. The zero-order chi connectivity index (χ0) is 29.5. The summed E-state index contributed by atoms with van der Waals surface area (Å²) in [6.45, 7) is 4.72. The van der Waals surface area contributed by atoms with Crippen molar-refractivity contribution in [3.8, 4) is 11.1 Å². The number of amides is 3. The van der Waals surface area contributed by atoms with Crippen molar-refractivity contribution in [3.63, 3.8) is 0 Å². The van der Waals surface area contributed by atoms with E-state index < -0.39 is 7.12 Å². The highest BCUT2D eigenvalue weighted by Crippen LogP contribution is 2.31. The molecule has 0 aliphatic carbocycles. The second-order valence-electron chi connectivity index (χ2n) is 9.00. The smallest absolute Gasteiger partial charge is 0.423 e. The number of hydrogen-bond donors (Lipinski definition) is 6. The van der Waals surface area contributed by atoms with Crippen LogP contribution in [0.5, 0.6) is 0 Å². The zero-order valence-electron chi connectivity index (χ0n) is 22.4. The molecule has 0 bridgehead atoms. The lowest BCUT2D eigenvalue weighted by molar-refractivity contribution is -0.115. The maximum absolute atomic E-state index is 12.6. The molecular weight excluding hydrogens is 543 g/mol. The van der Waals surface area contributed by atoms with Gasteiger partial charge in [-0.15, -0.1) is 11.3 Å². The number of fused-ring (bicyclic) bond motifs is 1. The van der Waals surface area contributed by atoms with Gasteiger partial charge in [-0.3, -0.25) is 19.5 Å². The molecule has 11 nitrogen and oxygen atoms in total. The van der Waals surface area contributed by atoms with E-state index in [1.807, 2.05) is 43.3 Å². The lowest BCUT2D eigenvalue weighted by Gasteiger charge is -2.10. The van der Waals surface area contributed by atoms with Crippen LogP contribution in [0, 0.1) is 6.92 Å². The summed E-state index contributed by atoms with van der Waals surface area (Å²) in [5, 5.41) is 36.3. The predicted octanol–water partition coefficient (Wildman–Crippen LogP) is 3.53. The molecule has 13 heteroatoms. The molecule has 0 saturated heterocycles. The van der Waals surface area contributed by atoms with Crippen LogP contribution < -0.4 is 21.4 Å². The summed E-state index contributed by atoms with van der Waals surface area (Å²) in [6.07, 6.45) is 1.68. The molecule has 0 radical (unpaired) electrons. The minimum Gasteiger partial charge on any atom is -0.423 e. The molecule has 3 aromatic carbocycles. The van der Waals surface area contributed by atoms with Gasteiger partial charge >= 0.3 is 7.12 Å². The topological polar surface area (TPSA) is 169 Å². The summed E-state index contributed by atoms with van der Waals surface area (Å²) in [7, 11) is -1.51. The van der Waals surface area contributed by atoms with Crippen LogP contribution in [-0.2, 0) is 9.59 Å². The molecule has 0 aliphatic rings. The van der Waals surface area contributed by atoms with Crippen LogP contribution in [0.4, 0.5) is 17.1 Å². The second-order valence-corrected chi connectivity index (χ2v) is 10.1. The molecule has 0 atom stereocenters. The Morgan fingerprint density at radius 3 is 2.20 bits per heavy atom. The molecule has 2 heterocycles. The first-order valence-corrected chi connectivity index (χ1v) is 13.3. The molecule has 0 aliphatic heterocycles. The van der Waals surface area contributed by atoms with Gasteiger partial charge in [-0.2, -0.15) is 5.10 Å². The van der Waals surface area contributed by atoms with Crippen molar-refractivity contribution in [2.24, 2.45) is 0 Å². The van der Waals surface area contributed by atoms with Crippen molar-refractivity contribution in [1.82, 2.24) is 15.2 Å². The van der Waals surface area contributed by atoms with Crippen LogP contribution in [0.2, 0.25) is 0 Å². The van der Waals surface area contributed by atoms with E-state index in [1.54, 1.807) is 29.8 Å². The maximum atomic E-state index is 12.6. The molecule has 208 valence electrons. The molecule has 2 aromatic heterocycles. The van der Waals surface area contributed by atoms with E-state index >= 15 is 0 Å². The van der Waals surface area contributed by atoms with Crippen molar-refractivity contribution in [1.29, 1.82) is 0 Å². The Hall–Kier alpha value is -4.85. The lowest BCUT2D eigenvalue weighted by atomic mass is 9.80. The Bertz CT molecular complexity index is 1720. The van der Waals surface area contributed by atoms with Gasteiger partial charge in [0.1, 0.15) is 5.69 Å². The fourth-order valence-corrected chi connectivity index (χ4v) is 4.53. The van der Waals surface area contributed by atoms with Gasteiger partial charge in [0.05, 0.1) is 22.4 Å². The van der Waals surface area contributed by atoms with Crippen molar-refractivity contribution in [2.45, 2.75) is 20.8 Å². The van der Waals surface area contributed by atoms with Crippen molar-refractivity contribution < 1.29 is 24.4 Å². The number of carbonyl (C=O) groups excluding carboxylic acids is 3. The summed E-state index contributed by atoms with van der Waals surface area (Å²) in [4.78, 5) is 38.8. The predicted molar refractivity (Wildman–Crippen MR) is 161 cm³/mol. The van der Waals surface area contributed by atoms with Crippen molar-refractivity contribution in [3.05, 3.63) is 82.9 Å². The molecule has 5 aromatic rings. The Morgan fingerprint density at radius 2 is 1.56 bits per heavy atom. The van der Waals surface area contributed by atoms with E-state index in [2.05, 4.69) is 31.1 Å². The van der Waals surface area contributed by atoms with Crippen LogP contribution in [-0.4, -0.2) is 50.1 Å². The van der Waals surface area contributed by atoms with E-state index in [0.29, 0.717) is 28.2 Å². The molecule has 5 rings (SSSR count). The van der Waals surface area contributed by atoms with Gasteiger partial charge in [0.2, 0.25) is 11.8 Å². The molecule has 41 heavy (non-hydrogen) atoms. The molecule has 3 amide bonds. The summed E-state index contributed by atoms with van der Waals surface area (Å²) in [5.74, 6) is -0.590. The average Bonchev–Trinajstić information content (AvgIpc) is 3.58. The molecular formula is C28H27BN6O5S. The maximum Gasteiger partial charge on any atom is 0.488 e. The third-order valence-corrected chi connectivity index (χ3v) is 6.45. The minimum atomic E-state index is -1.51. The third-order valence-electron chi connectivity index (χ3n) is 5.68. The van der Waals surface area contributed by atoms with Gasteiger partial charge in [-0.25, -0.2) is 4.98 Å². The van der Waals surface area contributed by atoms with Crippen LogP contribution in [0.1, 0.15) is 29.3 Å². The first-order valence-electron chi connectivity index (χ1n) is 12.4. The highest BCUT2D eigenvalue weighted by atomic mass is 32.1. The highest BCUT2D eigenvalue weighted by Gasteiger charge is 2.14. The highest BCUT2D eigenvalue weighted by molar-refractivity contribution is 7.09. The molecule has 6 N–H and O–H groups in total. The first kappa shape index (κ1) is 29.1. The number of nitrogens with one attached hydrogen (secondary N) is 4. The fraction of sp³-hybridized carbons (Fsp3) is 0.107. The molecule has 0 spiro atoms. The normalized spacial score (nSPS) is 10.4. The third kappa shape index (κ3) is 7.85. The van der Waals surface area contributed by atoms with Gasteiger partial charge in [0.25, 0.3) is 5.91 Å². The molecule has 0 unspecified atom stereocenters. The van der Waals surface area contributed by atoms with E-state index in [4.69, 9.17) is 10.0 Å². The van der Waals surface area contributed by atoms with Crippen LogP contribution in [0.3, 0.4) is 0 Å². The number of thiazole rings is 1. The average molecular weight is 570 g/mol. The van der Waals surface area contributed by atoms with E-state index in [-0.39, 0.29) is 17.7 Å². The Morgan fingerprint density at radius 1 is 0.878 bits per heavy atom. The Labute approximate surface area is 239 Å². The van der Waals surface area contributed by atoms with Crippen LogP contribution in [0.15, 0.2) is 72.2 Å². The van der Waals surface area contributed by atoms with Crippen molar-refractivity contribution >= 4 is 69.6 Å². The van der Waals surface area contributed by atoms with Crippen molar-refractivity contribution in [2.75, 3.05) is 16.0 Å². The number of aryl methyl sites for hydroxylation is 1. The van der Waals surface area contributed by atoms with Gasteiger partial charge in [0, 0.05) is 36.0 Å². The Kier molecular flexibility index (Phi) is 9.24. The number of aromatic amines is 1. The number of rotatable bonds is 6. The second kappa shape index (κ2) is 13.0. The number of H-pyrrole nitrogens is 1. The number of nitrogens with zero attached hydrogens (tertiary/aromatic N) is 2. The van der Waals surface area contributed by atoms with E-state index in [0.717, 1.165) is 27.0 Å². The number of carbonyl (C=O) groups is 3. The van der Waals surface area contributed by atoms with E-state index in [9.17, 15) is 14.4 Å². The minimum absolute atomic E-state index is 0.132. The number of anilines is 3. The Balaban J connectivity index is 0.000000251. The molecule has 0 saturated carbocycles. The van der Waals surface area contributed by atoms with E-state index in [1.165, 1.54) is 31.3 Å². The molecule has 0 fully saturated rings. The van der Waals surface area contributed by atoms with Gasteiger partial charge in [0.15, 0.2) is 0 Å². The number of hydrogen-bond acceptors (Lipinski definition) is 8. The lowest BCUT2D eigenvalue weighted by Crippen LogP contribution is -2.29. The first-order chi connectivity index (χ1) is 19.6. The fourth-order valence-electron chi connectivity index (χ4n) is 3.94. The summed E-state index contributed by atoms with van der Waals surface area (Å²) in [6, 6.07) is 17.8. The van der Waals surface area contributed by atoms with Crippen LogP contribution in [0.25, 0.3) is 22.0 Å². The largest absolute Gasteiger partial charge is 0.488 e. The summed E-state index contributed by atoms with van der Waals surface area (Å²) in [5.41, 5.74) is 5.23. The number of benzene rings is 3. The number of aromatic nitrogens is 3. The van der Waals surface area contributed by atoms with Gasteiger partial charge < -0.3 is 26.0 Å². The quantitative estimate of drug-likeness (QED) is 0.170. The van der Waals surface area contributed by atoms with Gasteiger partial charge in [-0.05, 0) is 59.9 Å². The summed E-state index contributed by atoms with van der Waals surface area (Å²) < 4.78 is 0. The zero-order valence-corrected chi connectivity index (χ0v) is 23.2. The van der Waals surface area contributed by atoms with Gasteiger partial charge in [-0.1, -0.05) is 24.3 Å².